The minimum atomic E-state index is -3.91. The number of nitrogens with one attached hydrogen (secondary N) is 2. The Balaban J connectivity index is 1.48. The van der Waals surface area contributed by atoms with E-state index in [9.17, 15) is 23.1 Å². The molecule has 3 N–H and O–H groups in total. The van der Waals surface area contributed by atoms with Crippen LogP contribution in [-0.4, -0.2) is 73.6 Å². The number of nitrogens with zero attached hydrogens (tertiary/aromatic N) is 2. The second-order valence-electron chi connectivity index (χ2n) is 11.2. The molecule has 45 heavy (non-hydrogen) atoms. The first-order valence-corrected chi connectivity index (χ1v) is 16.3. The van der Waals surface area contributed by atoms with Gasteiger partial charge in [0.25, 0.3) is 5.91 Å². The van der Waals surface area contributed by atoms with E-state index in [0.717, 1.165) is 10.8 Å². The SMILES string of the molecule is C[C@@H]1CN([C@H](C)CO)C(=O)c2cccc(NC(=O)Nc3cccc4ccccc34)c2O[C@H]1CN(C)S(=O)(=O)c1ccc(Cl)cc1. The number of ether oxygens (including phenoxy) is 1. The molecule has 5 rings (SSSR count). The summed E-state index contributed by atoms with van der Waals surface area (Å²) in [6.07, 6.45) is -0.735. The van der Waals surface area contributed by atoms with E-state index >= 15 is 0 Å². The molecule has 0 bridgehead atoms. The fourth-order valence-electron chi connectivity index (χ4n) is 5.31. The van der Waals surface area contributed by atoms with Crippen LogP contribution in [-0.2, 0) is 10.0 Å². The number of hydrogen-bond donors (Lipinski definition) is 3. The predicted octanol–water partition coefficient (Wildman–Crippen LogP) is 5.68. The van der Waals surface area contributed by atoms with Crippen LogP contribution in [0.1, 0.15) is 24.2 Å². The maximum atomic E-state index is 13.8. The summed E-state index contributed by atoms with van der Waals surface area (Å²) in [5.74, 6) is -0.631. The van der Waals surface area contributed by atoms with Crippen molar-refractivity contribution < 1.29 is 27.9 Å². The summed E-state index contributed by atoms with van der Waals surface area (Å²) in [6.45, 7) is 3.47. The van der Waals surface area contributed by atoms with Crippen LogP contribution in [0.25, 0.3) is 10.8 Å². The number of aliphatic hydroxyl groups is 1. The molecular formula is C33H35ClN4O6S. The number of anilines is 2. The normalized spacial score (nSPS) is 17.6. The molecule has 0 saturated heterocycles. The number of carbonyl (C=O) groups is 2. The van der Waals surface area contributed by atoms with Crippen molar-refractivity contribution >= 4 is 55.7 Å². The van der Waals surface area contributed by atoms with Crippen molar-refractivity contribution in [3.8, 4) is 5.75 Å². The van der Waals surface area contributed by atoms with Gasteiger partial charge in [0.1, 0.15) is 6.10 Å². The molecule has 1 heterocycles. The number of hydrogen-bond acceptors (Lipinski definition) is 6. The van der Waals surface area contributed by atoms with Gasteiger partial charge < -0.3 is 25.4 Å². The van der Waals surface area contributed by atoms with Crippen molar-refractivity contribution in [3.63, 3.8) is 0 Å². The van der Waals surface area contributed by atoms with Gasteiger partial charge in [0, 0.05) is 29.9 Å². The van der Waals surface area contributed by atoms with E-state index in [0.29, 0.717) is 10.7 Å². The highest BCUT2D eigenvalue weighted by atomic mass is 35.5. The van der Waals surface area contributed by atoms with Crippen LogP contribution in [0.15, 0.2) is 89.8 Å². The summed E-state index contributed by atoms with van der Waals surface area (Å²) in [4.78, 5) is 28.7. The molecule has 12 heteroatoms. The number of rotatable bonds is 8. The fraction of sp³-hybridized carbons (Fsp3) is 0.273. The van der Waals surface area contributed by atoms with Gasteiger partial charge in [-0.05, 0) is 54.8 Å². The Bertz CT molecular complexity index is 1810. The van der Waals surface area contributed by atoms with Crippen molar-refractivity contribution in [2.24, 2.45) is 5.92 Å². The summed E-state index contributed by atoms with van der Waals surface area (Å²) in [6, 6.07) is 22.9. The smallest absolute Gasteiger partial charge is 0.323 e. The average molecular weight is 651 g/mol. The Morgan fingerprint density at radius 1 is 1.02 bits per heavy atom. The summed E-state index contributed by atoms with van der Waals surface area (Å²) >= 11 is 5.97. The lowest BCUT2D eigenvalue weighted by atomic mass is 9.99. The monoisotopic (exact) mass is 650 g/mol. The van der Waals surface area contributed by atoms with Gasteiger partial charge in [-0.2, -0.15) is 4.31 Å². The van der Waals surface area contributed by atoms with Crippen molar-refractivity contribution in [1.29, 1.82) is 0 Å². The average Bonchev–Trinajstić information content (AvgIpc) is 3.03. The number of aliphatic hydroxyl groups excluding tert-OH is 1. The van der Waals surface area contributed by atoms with Gasteiger partial charge in [0.05, 0.1) is 41.0 Å². The number of benzene rings is 4. The zero-order valence-electron chi connectivity index (χ0n) is 25.1. The van der Waals surface area contributed by atoms with Crippen molar-refractivity contribution in [3.05, 3.63) is 95.5 Å². The van der Waals surface area contributed by atoms with E-state index in [4.69, 9.17) is 16.3 Å². The van der Waals surface area contributed by atoms with Gasteiger partial charge >= 0.3 is 6.03 Å². The molecule has 1 aliphatic heterocycles. The molecule has 0 radical (unpaired) electrons. The van der Waals surface area contributed by atoms with Crippen LogP contribution in [0.4, 0.5) is 16.2 Å². The molecule has 0 fully saturated rings. The molecule has 236 valence electrons. The highest BCUT2D eigenvalue weighted by molar-refractivity contribution is 7.89. The molecule has 4 aromatic carbocycles. The third-order valence-corrected chi connectivity index (χ3v) is 10.0. The number of halogens is 1. The zero-order valence-corrected chi connectivity index (χ0v) is 26.7. The molecule has 3 atom stereocenters. The van der Waals surface area contributed by atoms with Gasteiger partial charge in [-0.15, -0.1) is 0 Å². The van der Waals surface area contributed by atoms with E-state index in [1.165, 1.54) is 35.6 Å². The summed E-state index contributed by atoms with van der Waals surface area (Å²) < 4.78 is 34.5. The Kier molecular flexibility index (Phi) is 9.64. The van der Waals surface area contributed by atoms with Gasteiger partial charge in [0.2, 0.25) is 10.0 Å². The van der Waals surface area contributed by atoms with Crippen LogP contribution in [0.3, 0.4) is 0 Å². The van der Waals surface area contributed by atoms with Crippen LogP contribution in [0, 0.1) is 5.92 Å². The number of likely N-dealkylation sites (N-methyl/N-ethyl adjacent to an activating group) is 1. The van der Waals surface area contributed by atoms with Crippen LogP contribution >= 0.6 is 11.6 Å². The van der Waals surface area contributed by atoms with Crippen LogP contribution in [0.5, 0.6) is 5.75 Å². The molecule has 0 aromatic heterocycles. The topological polar surface area (TPSA) is 128 Å². The molecule has 10 nitrogen and oxygen atoms in total. The molecule has 1 aliphatic rings. The second-order valence-corrected chi connectivity index (χ2v) is 13.6. The lowest BCUT2D eigenvalue weighted by Gasteiger charge is -2.38. The highest BCUT2D eigenvalue weighted by Crippen LogP contribution is 2.35. The number of fused-ring (bicyclic) bond motifs is 2. The first kappa shape index (κ1) is 32.2. The molecular weight excluding hydrogens is 616 g/mol. The quantitative estimate of drug-likeness (QED) is 0.225. The predicted molar refractivity (Wildman–Crippen MR) is 175 cm³/mol. The molecule has 0 unspecified atom stereocenters. The summed E-state index contributed by atoms with van der Waals surface area (Å²) in [5.41, 5.74) is 1.01. The van der Waals surface area contributed by atoms with E-state index in [1.807, 2.05) is 43.3 Å². The van der Waals surface area contributed by atoms with E-state index in [2.05, 4.69) is 10.6 Å². The third kappa shape index (κ3) is 6.91. The molecule has 0 spiro atoms. The van der Waals surface area contributed by atoms with Crippen molar-refractivity contribution in [2.45, 2.75) is 30.9 Å². The first-order chi connectivity index (χ1) is 21.5. The number of sulfonamides is 1. The molecule has 0 saturated carbocycles. The first-order valence-electron chi connectivity index (χ1n) is 14.5. The van der Waals surface area contributed by atoms with Crippen LogP contribution < -0.4 is 15.4 Å². The molecule has 3 amide bonds. The standard InChI is InChI=1S/C33H35ClN4O6S/c1-21-18-38(22(2)20-39)32(40)27-11-7-13-29(36-33(41)35-28-12-6-9-23-8-4-5-10-26(23)28)31(27)44-30(21)19-37(3)45(42,43)25-16-14-24(34)15-17-25/h4-17,21-22,30,39H,18-20H2,1-3H3,(H2,35,36,41)/t21-,22-,30+/m1/s1. The summed E-state index contributed by atoms with van der Waals surface area (Å²) in [5, 5.41) is 17.9. The minimum Gasteiger partial charge on any atom is -0.486 e. The van der Waals surface area contributed by atoms with E-state index in [-0.39, 0.29) is 53.4 Å². The van der Waals surface area contributed by atoms with Gasteiger partial charge in [-0.25, -0.2) is 13.2 Å². The van der Waals surface area contributed by atoms with Crippen LogP contribution in [0.2, 0.25) is 5.02 Å². The highest BCUT2D eigenvalue weighted by Gasteiger charge is 2.36. The van der Waals surface area contributed by atoms with Gasteiger partial charge in [-0.1, -0.05) is 61.0 Å². The minimum absolute atomic E-state index is 0.0579. The van der Waals surface area contributed by atoms with Gasteiger partial charge in [-0.3, -0.25) is 4.79 Å². The van der Waals surface area contributed by atoms with Gasteiger partial charge in [0.15, 0.2) is 5.75 Å². The van der Waals surface area contributed by atoms with Crippen molar-refractivity contribution in [1.82, 2.24) is 9.21 Å². The zero-order chi connectivity index (χ0) is 32.3. The molecule has 4 aromatic rings. The summed E-state index contributed by atoms with van der Waals surface area (Å²) in [7, 11) is -2.45. The Morgan fingerprint density at radius 2 is 1.67 bits per heavy atom. The van der Waals surface area contributed by atoms with Crippen molar-refractivity contribution in [2.75, 3.05) is 37.4 Å². The Labute approximate surface area is 267 Å². The maximum absolute atomic E-state index is 13.8. The number of para-hydroxylation sites is 1. The fourth-order valence-corrected chi connectivity index (χ4v) is 6.62. The third-order valence-electron chi connectivity index (χ3n) is 7.94. The lowest BCUT2D eigenvalue weighted by Crippen LogP contribution is -2.50. The van der Waals surface area contributed by atoms with E-state index in [1.54, 1.807) is 36.1 Å². The number of urea groups is 1. The maximum Gasteiger partial charge on any atom is 0.323 e. The number of carbonyl (C=O) groups excluding carboxylic acids is 2. The Morgan fingerprint density at radius 3 is 2.40 bits per heavy atom. The number of amides is 3. The van der Waals surface area contributed by atoms with E-state index < -0.39 is 28.2 Å². The Hall–Kier alpha value is -4.16. The lowest BCUT2D eigenvalue weighted by molar-refractivity contribution is 0.0389. The largest absolute Gasteiger partial charge is 0.486 e. The second kappa shape index (κ2) is 13.5. The molecule has 0 aliphatic carbocycles.